The van der Waals surface area contributed by atoms with Gasteiger partial charge < -0.3 is 9.64 Å². The Morgan fingerprint density at radius 1 is 1.40 bits per heavy atom. The third-order valence-corrected chi connectivity index (χ3v) is 4.03. The lowest BCUT2D eigenvalue weighted by atomic mass is 10.2. The monoisotopic (exact) mass is 293 g/mol. The fraction of sp³-hybridized carbons (Fsp3) is 0.500. The van der Waals surface area contributed by atoms with Crippen molar-refractivity contribution >= 4 is 17.2 Å². The Balaban J connectivity index is 1.86. The van der Waals surface area contributed by atoms with Crippen LogP contribution in [0, 0.1) is 0 Å². The molecule has 0 aliphatic carbocycles. The number of hydrogen-bond acceptors (Lipinski definition) is 6. The molecule has 1 aliphatic heterocycles. The van der Waals surface area contributed by atoms with Gasteiger partial charge in [0.1, 0.15) is 11.2 Å². The van der Waals surface area contributed by atoms with E-state index in [4.69, 9.17) is 4.74 Å². The fourth-order valence-corrected chi connectivity index (χ4v) is 3.25. The molecule has 1 fully saturated rings. The van der Waals surface area contributed by atoms with E-state index in [0.29, 0.717) is 18.0 Å². The van der Waals surface area contributed by atoms with Crippen LogP contribution < -0.4 is 0 Å². The third-order valence-electron chi connectivity index (χ3n) is 3.14. The van der Waals surface area contributed by atoms with Crippen LogP contribution in [0.2, 0.25) is 0 Å². The summed E-state index contributed by atoms with van der Waals surface area (Å²) in [5, 5.41) is 12.9. The molecule has 0 saturated carbocycles. The van der Waals surface area contributed by atoms with Gasteiger partial charge in [0.05, 0.1) is 17.9 Å². The second kappa shape index (κ2) is 5.29. The van der Waals surface area contributed by atoms with Crippen LogP contribution in [0.25, 0.3) is 5.69 Å². The zero-order valence-electron chi connectivity index (χ0n) is 11.3. The summed E-state index contributed by atoms with van der Waals surface area (Å²) >= 11 is 1.40. The Morgan fingerprint density at radius 3 is 2.80 bits per heavy atom. The number of thiophene rings is 1. The molecule has 7 nitrogen and oxygen atoms in total. The van der Waals surface area contributed by atoms with Crippen LogP contribution in [0.15, 0.2) is 17.8 Å². The van der Waals surface area contributed by atoms with Gasteiger partial charge in [0.25, 0.3) is 5.91 Å². The molecule has 1 aliphatic rings. The highest BCUT2D eigenvalue weighted by Gasteiger charge is 2.28. The first-order valence-corrected chi connectivity index (χ1v) is 7.28. The predicted molar refractivity (Wildman–Crippen MR) is 72.9 cm³/mol. The quantitative estimate of drug-likeness (QED) is 0.825. The van der Waals surface area contributed by atoms with Crippen LogP contribution >= 0.6 is 11.3 Å². The van der Waals surface area contributed by atoms with Crippen LogP contribution in [0.5, 0.6) is 0 Å². The molecule has 2 atom stereocenters. The molecule has 8 heteroatoms. The van der Waals surface area contributed by atoms with Gasteiger partial charge in [0.15, 0.2) is 0 Å². The highest BCUT2D eigenvalue weighted by Crippen LogP contribution is 2.23. The highest BCUT2D eigenvalue weighted by atomic mass is 32.1. The number of tetrazole rings is 1. The van der Waals surface area contributed by atoms with E-state index in [0.717, 1.165) is 5.69 Å². The lowest BCUT2D eigenvalue weighted by Gasteiger charge is -2.35. The summed E-state index contributed by atoms with van der Waals surface area (Å²) in [6.45, 7) is 5.17. The summed E-state index contributed by atoms with van der Waals surface area (Å²) in [7, 11) is 0. The van der Waals surface area contributed by atoms with Crippen molar-refractivity contribution in [3.05, 3.63) is 22.7 Å². The molecule has 1 saturated heterocycles. The average Bonchev–Trinajstić information content (AvgIpc) is 3.07. The molecule has 0 unspecified atom stereocenters. The fourth-order valence-electron chi connectivity index (χ4n) is 2.40. The largest absolute Gasteiger partial charge is 0.372 e. The molecule has 2 aromatic rings. The number of morpholine rings is 1. The van der Waals surface area contributed by atoms with Gasteiger partial charge in [0.2, 0.25) is 0 Å². The molecule has 0 N–H and O–H groups in total. The number of amides is 1. The first-order valence-electron chi connectivity index (χ1n) is 6.40. The molecule has 2 aromatic heterocycles. The van der Waals surface area contributed by atoms with E-state index < -0.39 is 0 Å². The lowest BCUT2D eigenvalue weighted by molar-refractivity contribution is -0.0585. The van der Waals surface area contributed by atoms with E-state index in [1.807, 2.05) is 30.2 Å². The van der Waals surface area contributed by atoms with E-state index in [9.17, 15) is 4.79 Å². The summed E-state index contributed by atoms with van der Waals surface area (Å²) < 4.78 is 7.17. The Morgan fingerprint density at radius 2 is 2.15 bits per heavy atom. The van der Waals surface area contributed by atoms with Crippen molar-refractivity contribution in [3.63, 3.8) is 0 Å². The van der Waals surface area contributed by atoms with Gasteiger partial charge in [-0.3, -0.25) is 4.79 Å². The third kappa shape index (κ3) is 2.44. The SMILES string of the molecule is C[C@H]1CN(C(=O)c2sccc2-n2cnnn2)C[C@H](C)O1. The van der Waals surface area contributed by atoms with Gasteiger partial charge in [-0.15, -0.1) is 16.4 Å². The number of nitrogens with zero attached hydrogens (tertiary/aromatic N) is 5. The summed E-state index contributed by atoms with van der Waals surface area (Å²) in [6.07, 6.45) is 1.60. The molecule has 0 spiro atoms. The van der Waals surface area contributed by atoms with Crippen molar-refractivity contribution in [2.75, 3.05) is 13.1 Å². The Labute approximate surface area is 120 Å². The molecule has 0 bridgehead atoms. The molecule has 106 valence electrons. The minimum Gasteiger partial charge on any atom is -0.372 e. The van der Waals surface area contributed by atoms with Crippen LogP contribution in [-0.2, 0) is 4.74 Å². The number of carbonyl (C=O) groups is 1. The Bertz CT molecular complexity index is 587. The van der Waals surface area contributed by atoms with Crippen LogP contribution in [0.3, 0.4) is 0 Å². The molecule has 3 rings (SSSR count). The molecule has 0 aromatic carbocycles. The number of rotatable bonds is 2. The minimum absolute atomic E-state index is 0.00694. The number of aromatic nitrogens is 4. The second-order valence-electron chi connectivity index (χ2n) is 4.86. The van der Waals surface area contributed by atoms with Gasteiger partial charge in [-0.2, -0.15) is 4.68 Å². The molecular weight excluding hydrogens is 278 g/mol. The maximum absolute atomic E-state index is 12.7. The van der Waals surface area contributed by atoms with Crippen molar-refractivity contribution < 1.29 is 9.53 Å². The Kier molecular flexibility index (Phi) is 3.49. The highest BCUT2D eigenvalue weighted by molar-refractivity contribution is 7.12. The van der Waals surface area contributed by atoms with E-state index in [2.05, 4.69) is 15.5 Å². The second-order valence-corrected chi connectivity index (χ2v) is 5.77. The number of carbonyl (C=O) groups excluding carboxylic acids is 1. The zero-order valence-corrected chi connectivity index (χ0v) is 12.1. The zero-order chi connectivity index (χ0) is 14.1. The van der Waals surface area contributed by atoms with Crippen LogP contribution in [0.4, 0.5) is 0 Å². The van der Waals surface area contributed by atoms with E-state index >= 15 is 0 Å². The summed E-state index contributed by atoms with van der Waals surface area (Å²) in [4.78, 5) is 15.2. The number of hydrogen-bond donors (Lipinski definition) is 0. The van der Waals surface area contributed by atoms with Crippen molar-refractivity contribution in [1.29, 1.82) is 0 Å². The first kappa shape index (κ1) is 13.2. The maximum atomic E-state index is 12.7. The average molecular weight is 293 g/mol. The molecular formula is C12H15N5O2S. The molecule has 0 radical (unpaired) electrons. The van der Waals surface area contributed by atoms with Crippen molar-refractivity contribution in [1.82, 2.24) is 25.1 Å². The van der Waals surface area contributed by atoms with Crippen molar-refractivity contribution in [2.24, 2.45) is 0 Å². The predicted octanol–water partition coefficient (Wildman–Crippen LogP) is 0.973. The summed E-state index contributed by atoms with van der Waals surface area (Å²) in [6, 6.07) is 1.85. The van der Waals surface area contributed by atoms with Crippen molar-refractivity contribution in [3.8, 4) is 5.69 Å². The molecule has 3 heterocycles. The van der Waals surface area contributed by atoms with Crippen LogP contribution in [0.1, 0.15) is 23.5 Å². The van der Waals surface area contributed by atoms with Crippen LogP contribution in [-0.4, -0.2) is 56.3 Å². The molecule has 20 heavy (non-hydrogen) atoms. The van der Waals surface area contributed by atoms with Gasteiger partial charge in [-0.05, 0) is 35.7 Å². The topological polar surface area (TPSA) is 73.1 Å². The molecule has 1 amide bonds. The van der Waals surface area contributed by atoms with E-state index in [1.54, 1.807) is 0 Å². The Hall–Kier alpha value is -1.80. The maximum Gasteiger partial charge on any atom is 0.266 e. The van der Waals surface area contributed by atoms with E-state index in [1.165, 1.54) is 22.3 Å². The normalized spacial score (nSPS) is 23.0. The van der Waals surface area contributed by atoms with E-state index in [-0.39, 0.29) is 18.1 Å². The smallest absolute Gasteiger partial charge is 0.266 e. The first-order chi connectivity index (χ1) is 9.65. The summed E-state index contributed by atoms with van der Waals surface area (Å²) in [5.74, 6) is 0.00694. The lowest BCUT2D eigenvalue weighted by Crippen LogP contribution is -2.48. The van der Waals surface area contributed by atoms with Gasteiger partial charge in [0, 0.05) is 13.1 Å². The van der Waals surface area contributed by atoms with Gasteiger partial charge >= 0.3 is 0 Å². The van der Waals surface area contributed by atoms with Crippen molar-refractivity contribution in [2.45, 2.75) is 26.1 Å². The number of ether oxygens (including phenoxy) is 1. The van der Waals surface area contributed by atoms with Gasteiger partial charge in [-0.1, -0.05) is 0 Å². The van der Waals surface area contributed by atoms with Gasteiger partial charge in [-0.25, -0.2) is 0 Å². The standard InChI is InChI=1S/C12H15N5O2S/c1-8-5-16(6-9(2)19-8)12(18)11-10(3-4-20-11)17-7-13-14-15-17/h3-4,7-9H,5-6H2,1-2H3/t8-,9-/m0/s1. The summed E-state index contributed by atoms with van der Waals surface area (Å²) in [5.41, 5.74) is 0.719. The minimum atomic E-state index is 0.00694.